The number of imidazole rings is 1. The van der Waals surface area contributed by atoms with Gasteiger partial charge in [0, 0.05) is 24.7 Å². The van der Waals surface area contributed by atoms with E-state index in [1.54, 1.807) is 17.0 Å². The van der Waals surface area contributed by atoms with E-state index < -0.39 is 4.92 Å². The second-order valence-corrected chi connectivity index (χ2v) is 8.62. The highest BCUT2D eigenvalue weighted by Crippen LogP contribution is 2.33. The number of nitrogens with zero attached hydrogens (tertiary/aromatic N) is 4. The number of carbonyl (C=O) groups is 1. The second-order valence-electron chi connectivity index (χ2n) is 7.48. The van der Waals surface area contributed by atoms with E-state index in [0.29, 0.717) is 35.4 Å². The molecule has 0 saturated carbocycles. The highest BCUT2D eigenvalue weighted by Gasteiger charge is 2.30. The molecule has 0 unspecified atom stereocenters. The fourth-order valence-electron chi connectivity index (χ4n) is 3.46. The Hall–Kier alpha value is -2.87. The van der Waals surface area contributed by atoms with Crippen LogP contribution in [0.1, 0.15) is 30.6 Å². The minimum atomic E-state index is -0.409. The number of aromatic nitrogens is 2. The molecular formula is C21H22N4O3S. The summed E-state index contributed by atoms with van der Waals surface area (Å²) in [6.07, 6.45) is 0.979. The number of benzene rings is 2. The monoisotopic (exact) mass is 410 g/mol. The first-order valence-electron chi connectivity index (χ1n) is 9.64. The maximum atomic E-state index is 13.1. The van der Waals surface area contributed by atoms with Crippen molar-refractivity contribution in [3.8, 4) is 0 Å². The summed E-state index contributed by atoms with van der Waals surface area (Å²) in [6.45, 7) is 5.41. The van der Waals surface area contributed by atoms with Gasteiger partial charge in [-0.05, 0) is 42.4 Å². The predicted octanol–water partition coefficient (Wildman–Crippen LogP) is 4.74. The van der Waals surface area contributed by atoms with Crippen LogP contribution in [0.3, 0.4) is 0 Å². The van der Waals surface area contributed by atoms with Crippen molar-refractivity contribution in [2.45, 2.75) is 31.7 Å². The lowest BCUT2D eigenvalue weighted by atomic mass is 10.1. The summed E-state index contributed by atoms with van der Waals surface area (Å²) >= 11 is 1.46. The molecule has 29 heavy (non-hydrogen) atoms. The average Bonchev–Trinajstić information content (AvgIpc) is 3.26. The maximum Gasteiger partial charge on any atom is 0.283 e. The van der Waals surface area contributed by atoms with Crippen molar-refractivity contribution >= 4 is 40.3 Å². The molecule has 0 fully saturated rings. The van der Waals surface area contributed by atoms with Gasteiger partial charge in [0.2, 0.25) is 5.95 Å². The number of rotatable bonds is 6. The molecule has 1 amide bonds. The van der Waals surface area contributed by atoms with Crippen molar-refractivity contribution in [1.29, 1.82) is 0 Å². The van der Waals surface area contributed by atoms with Crippen LogP contribution in [0.2, 0.25) is 0 Å². The normalized spacial score (nSPS) is 13.3. The Morgan fingerprint density at radius 3 is 2.79 bits per heavy atom. The number of fused-ring (bicyclic) bond motifs is 3. The van der Waals surface area contributed by atoms with Crippen molar-refractivity contribution in [2.75, 3.05) is 17.2 Å². The molecule has 8 heteroatoms. The third kappa shape index (κ3) is 3.72. The topological polar surface area (TPSA) is 81.3 Å². The maximum absolute atomic E-state index is 13.1. The Kier molecular flexibility index (Phi) is 5.27. The van der Waals surface area contributed by atoms with Gasteiger partial charge >= 0.3 is 0 Å². The molecule has 0 atom stereocenters. The lowest BCUT2D eigenvalue weighted by Gasteiger charge is -2.14. The van der Waals surface area contributed by atoms with Gasteiger partial charge < -0.3 is 4.57 Å². The SMILES string of the molecule is CC(C)CCSc1ccc(C(=O)N2CCn3c2nc2ccccc23)cc1[N+](=O)[O-]. The Morgan fingerprint density at radius 1 is 1.24 bits per heavy atom. The highest BCUT2D eigenvalue weighted by atomic mass is 32.2. The number of para-hydroxylation sites is 2. The van der Waals surface area contributed by atoms with E-state index in [9.17, 15) is 14.9 Å². The van der Waals surface area contributed by atoms with Crippen LogP contribution < -0.4 is 4.90 Å². The Bertz CT molecular complexity index is 1090. The molecular weight excluding hydrogens is 388 g/mol. The summed E-state index contributed by atoms with van der Waals surface area (Å²) in [7, 11) is 0. The molecule has 150 valence electrons. The average molecular weight is 410 g/mol. The molecule has 0 radical (unpaired) electrons. The summed E-state index contributed by atoms with van der Waals surface area (Å²) in [5, 5.41) is 11.6. The number of hydrogen-bond donors (Lipinski definition) is 0. The second kappa shape index (κ2) is 7.87. The third-order valence-electron chi connectivity index (χ3n) is 5.02. The van der Waals surface area contributed by atoms with Gasteiger partial charge in [0.15, 0.2) is 0 Å². The minimum Gasteiger partial charge on any atom is -0.308 e. The summed E-state index contributed by atoms with van der Waals surface area (Å²) in [5.41, 5.74) is 2.12. The van der Waals surface area contributed by atoms with Gasteiger partial charge in [0.05, 0.1) is 20.9 Å². The zero-order valence-electron chi connectivity index (χ0n) is 16.4. The van der Waals surface area contributed by atoms with Gasteiger partial charge in [0.1, 0.15) is 0 Å². The molecule has 0 bridgehead atoms. The largest absolute Gasteiger partial charge is 0.308 e. The van der Waals surface area contributed by atoms with Gasteiger partial charge in [0.25, 0.3) is 11.6 Å². The number of thioether (sulfide) groups is 1. The van der Waals surface area contributed by atoms with E-state index in [1.807, 2.05) is 28.8 Å². The number of amides is 1. The molecule has 7 nitrogen and oxygen atoms in total. The van der Waals surface area contributed by atoms with E-state index in [-0.39, 0.29) is 11.6 Å². The smallest absolute Gasteiger partial charge is 0.283 e. The van der Waals surface area contributed by atoms with E-state index >= 15 is 0 Å². The minimum absolute atomic E-state index is 0.0164. The van der Waals surface area contributed by atoms with Crippen LogP contribution in [0.5, 0.6) is 0 Å². The molecule has 1 aliphatic heterocycles. The first-order chi connectivity index (χ1) is 14.0. The molecule has 4 rings (SSSR count). The third-order valence-corrected chi connectivity index (χ3v) is 6.12. The summed E-state index contributed by atoms with van der Waals surface area (Å²) in [6, 6.07) is 12.5. The fourth-order valence-corrected chi connectivity index (χ4v) is 4.71. The van der Waals surface area contributed by atoms with Crippen molar-refractivity contribution in [3.05, 3.63) is 58.1 Å². The van der Waals surface area contributed by atoms with Crippen LogP contribution in [0, 0.1) is 16.0 Å². The quantitative estimate of drug-likeness (QED) is 0.333. The van der Waals surface area contributed by atoms with E-state index in [4.69, 9.17) is 0 Å². The van der Waals surface area contributed by atoms with Gasteiger partial charge in [-0.2, -0.15) is 0 Å². The van der Waals surface area contributed by atoms with E-state index in [1.165, 1.54) is 17.8 Å². The van der Waals surface area contributed by atoms with Crippen molar-refractivity contribution in [2.24, 2.45) is 5.92 Å². The lowest BCUT2D eigenvalue weighted by Crippen LogP contribution is -2.29. The van der Waals surface area contributed by atoms with Gasteiger partial charge in [-0.15, -0.1) is 11.8 Å². The van der Waals surface area contributed by atoms with Gasteiger partial charge in [-0.1, -0.05) is 26.0 Å². The summed E-state index contributed by atoms with van der Waals surface area (Å²) < 4.78 is 2.01. The summed E-state index contributed by atoms with van der Waals surface area (Å²) in [4.78, 5) is 31.1. The van der Waals surface area contributed by atoms with E-state index in [0.717, 1.165) is 23.2 Å². The first-order valence-corrected chi connectivity index (χ1v) is 10.6. The number of nitro benzene ring substituents is 1. The van der Waals surface area contributed by atoms with Gasteiger partial charge in [-0.3, -0.25) is 19.8 Å². The van der Waals surface area contributed by atoms with Crippen LogP contribution in [-0.2, 0) is 6.54 Å². The zero-order chi connectivity index (χ0) is 20.5. The number of anilines is 1. The molecule has 2 aromatic carbocycles. The van der Waals surface area contributed by atoms with Crippen molar-refractivity contribution < 1.29 is 9.72 Å². The molecule has 0 saturated heterocycles. The molecule has 0 aliphatic carbocycles. The summed E-state index contributed by atoms with van der Waals surface area (Å²) in [5.74, 6) is 1.68. The van der Waals surface area contributed by atoms with E-state index in [2.05, 4.69) is 18.8 Å². The number of hydrogen-bond acceptors (Lipinski definition) is 5. The standard InChI is InChI=1S/C21H22N4O3S/c1-14(2)9-12-29-19-8-7-15(13-18(19)25(27)28)20(26)24-11-10-23-17-6-4-3-5-16(17)22-21(23)24/h3-8,13-14H,9-12H2,1-2H3. The van der Waals surface area contributed by atoms with Crippen molar-refractivity contribution in [1.82, 2.24) is 9.55 Å². The predicted molar refractivity (Wildman–Crippen MR) is 115 cm³/mol. The molecule has 1 aliphatic rings. The molecule has 0 N–H and O–H groups in total. The van der Waals surface area contributed by atoms with Crippen LogP contribution in [0.4, 0.5) is 11.6 Å². The van der Waals surface area contributed by atoms with Crippen molar-refractivity contribution in [3.63, 3.8) is 0 Å². The molecule has 3 aromatic rings. The Balaban J connectivity index is 1.61. The van der Waals surface area contributed by atoms with Crippen LogP contribution in [0.15, 0.2) is 47.4 Å². The number of carbonyl (C=O) groups excluding carboxylic acids is 1. The fraction of sp³-hybridized carbons (Fsp3) is 0.333. The first kappa shape index (κ1) is 19.4. The Labute approximate surface area is 172 Å². The zero-order valence-corrected chi connectivity index (χ0v) is 17.2. The highest BCUT2D eigenvalue weighted by molar-refractivity contribution is 7.99. The molecule has 1 aromatic heterocycles. The van der Waals surface area contributed by atoms with Crippen LogP contribution in [0.25, 0.3) is 11.0 Å². The lowest BCUT2D eigenvalue weighted by molar-refractivity contribution is -0.387. The van der Waals surface area contributed by atoms with Crippen LogP contribution >= 0.6 is 11.8 Å². The van der Waals surface area contributed by atoms with Crippen LogP contribution in [-0.4, -0.2) is 32.7 Å². The number of nitro groups is 1. The Morgan fingerprint density at radius 2 is 2.03 bits per heavy atom. The molecule has 0 spiro atoms. The van der Waals surface area contributed by atoms with Gasteiger partial charge in [-0.25, -0.2) is 4.98 Å². The molecule has 2 heterocycles.